The normalized spacial score (nSPS) is 11.9. The van der Waals surface area contributed by atoms with Crippen LogP contribution in [0.15, 0.2) is 24.3 Å². The molecular weight excluding hydrogens is 230 g/mol. The molecular formula is C14H21NO3. The molecule has 0 radical (unpaired) electrons. The van der Waals surface area contributed by atoms with E-state index >= 15 is 0 Å². The van der Waals surface area contributed by atoms with Gasteiger partial charge in [-0.15, -0.1) is 0 Å². The van der Waals surface area contributed by atoms with Gasteiger partial charge in [-0.05, 0) is 37.6 Å². The molecule has 1 aromatic rings. The summed E-state index contributed by atoms with van der Waals surface area (Å²) in [5.41, 5.74) is 0.568. The van der Waals surface area contributed by atoms with Gasteiger partial charge in [0, 0.05) is 12.1 Å². The quantitative estimate of drug-likeness (QED) is 0.728. The molecule has 0 fully saturated rings. The molecule has 1 rings (SSSR count). The number of carbonyl (C=O) groups is 1. The molecule has 4 heteroatoms. The molecule has 1 amide bonds. The highest BCUT2D eigenvalue weighted by Crippen LogP contribution is 2.12. The lowest BCUT2D eigenvalue weighted by Crippen LogP contribution is -2.30. The number of hydrogen-bond donors (Lipinski definition) is 2. The van der Waals surface area contributed by atoms with E-state index in [0.717, 1.165) is 18.6 Å². The third kappa shape index (κ3) is 5.19. The van der Waals surface area contributed by atoms with Crippen molar-refractivity contribution >= 4 is 5.91 Å². The van der Waals surface area contributed by atoms with Gasteiger partial charge in [-0.1, -0.05) is 13.3 Å². The van der Waals surface area contributed by atoms with Gasteiger partial charge in [0.1, 0.15) is 5.75 Å². The van der Waals surface area contributed by atoms with Gasteiger partial charge in [0.2, 0.25) is 0 Å². The number of nitrogens with one attached hydrogen (secondary N) is 1. The average Bonchev–Trinajstić information content (AvgIpc) is 2.37. The van der Waals surface area contributed by atoms with Gasteiger partial charge in [0.15, 0.2) is 0 Å². The van der Waals surface area contributed by atoms with E-state index in [2.05, 4.69) is 12.2 Å². The van der Waals surface area contributed by atoms with Crippen LogP contribution in [0.25, 0.3) is 0 Å². The average molecular weight is 251 g/mol. The largest absolute Gasteiger partial charge is 0.494 e. The molecule has 0 saturated heterocycles. The molecule has 0 spiro atoms. The van der Waals surface area contributed by atoms with Crippen molar-refractivity contribution in [3.05, 3.63) is 29.8 Å². The monoisotopic (exact) mass is 251 g/mol. The van der Waals surface area contributed by atoms with Crippen molar-refractivity contribution in [3.8, 4) is 5.75 Å². The number of hydrogen-bond acceptors (Lipinski definition) is 3. The maximum absolute atomic E-state index is 11.7. The molecule has 0 bridgehead atoms. The summed E-state index contributed by atoms with van der Waals surface area (Å²) < 4.78 is 5.51. The second-order valence-electron chi connectivity index (χ2n) is 4.29. The number of aliphatic hydroxyl groups is 1. The number of ether oxygens (including phenoxy) is 1. The zero-order valence-corrected chi connectivity index (χ0v) is 11.0. The van der Waals surface area contributed by atoms with Crippen molar-refractivity contribution in [3.63, 3.8) is 0 Å². The molecule has 2 N–H and O–H groups in total. The number of amides is 1. The van der Waals surface area contributed by atoms with Crippen LogP contribution in [-0.2, 0) is 0 Å². The summed E-state index contributed by atoms with van der Waals surface area (Å²) in [6.45, 7) is 4.70. The minimum absolute atomic E-state index is 0.184. The SMILES string of the molecule is CCCCOc1ccc(C(=O)NC[C@H](C)O)cc1. The Kier molecular flexibility index (Phi) is 6.22. The van der Waals surface area contributed by atoms with E-state index in [-0.39, 0.29) is 12.5 Å². The Morgan fingerprint density at radius 1 is 1.39 bits per heavy atom. The topological polar surface area (TPSA) is 58.6 Å². The first-order valence-electron chi connectivity index (χ1n) is 6.32. The molecule has 100 valence electrons. The second-order valence-corrected chi connectivity index (χ2v) is 4.29. The van der Waals surface area contributed by atoms with Gasteiger partial charge in [-0.2, -0.15) is 0 Å². The molecule has 0 unspecified atom stereocenters. The Bertz CT molecular complexity index is 360. The van der Waals surface area contributed by atoms with E-state index in [9.17, 15) is 4.79 Å². The number of carbonyl (C=O) groups excluding carboxylic acids is 1. The Morgan fingerprint density at radius 3 is 2.61 bits per heavy atom. The molecule has 1 aromatic carbocycles. The van der Waals surface area contributed by atoms with E-state index in [4.69, 9.17) is 9.84 Å². The van der Waals surface area contributed by atoms with E-state index in [1.165, 1.54) is 0 Å². The molecule has 0 aliphatic carbocycles. The maximum Gasteiger partial charge on any atom is 0.251 e. The summed E-state index contributed by atoms with van der Waals surface area (Å²) >= 11 is 0. The summed E-state index contributed by atoms with van der Waals surface area (Å²) in [5.74, 6) is 0.589. The Balaban J connectivity index is 2.46. The van der Waals surface area contributed by atoms with Crippen molar-refractivity contribution in [2.75, 3.05) is 13.2 Å². The standard InChI is InChI=1S/C14H21NO3/c1-3-4-9-18-13-7-5-12(6-8-13)14(17)15-10-11(2)16/h5-8,11,16H,3-4,9-10H2,1-2H3,(H,15,17)/t11-/m0/s1. The van der Waals surface area contributed by atoms with Crippen molar-refractivity contribution in [2.45, 2.75) is 32.8 Å². The van der Waals surface area contributed by atoms with Gasteiger partial charge >= 0.3 is 0 Å². The van der Waals surface area contributed by atoms with Crippen LogP contribution in [0.1, 0.15) is 37.0 Å². The first-order valence-corrected chi connectivity index (χ1v) is 6.32. The Labute approximate surface area is 108 Å². The van der Waals surface area contributed by atoms with Crippen LogP contribution in [0, 0.1) is 0 Å². The second kappa shape index (κ2) is 7.71. The van der Waals surface area contributed by atoms with Crippen LogP contribution in [0.2, 0.25) is 0 Å². The lowest BCUT2D eigenvalue weighted by molar-refractivity contribution is 0.0924. The maximum atomic E-state index is 11.7. The first kappa shape index (κ1) is 14.5. The van der Waals surface area contributed by atoms with Crippen molar-refractivity contribution in [2.24, 2.45) is 0 Å². The van der Waals surface area contributed by atoms with Gasteiger partial charge in [-0.3, -0.25) is 4.79 Å². The number of unbranched alkanes of at least 4 members (excludes halogenated alkanes) is 1. The van der Waals surface area contributed by atoms with Gasteiger partial charge in [0.25, 0.3) is 5.91 Å². The molecule has 18 heavy (non-hydrogen) atoms. The molecule has 1 atom stereocenters. The predicted octanol–water partition coefficient (Wildman–Crippen LogP) is 1.98. The molecule has 4 nitrogen and oxygen atoms in total. The first-order chi connectivity index (χ1) is 8.63. The smallest absolute Gasteiger partial charge is 0.251 e. The summed E-state index contributed by atoms with van der Waals surface area (Å²) in [4.78, 5) is 11.7. The third-order valence-electron chi connectivity index (χ3n) is 2.44. The van der Waals surface area contributed by atoms with E-state index in [0.29, 0.717) is 12.2 Å². The van der Waals surface area contributed by atoms with E-state index in [1.807, 2.05) is 0 Å². The fourth-order valence-electron chi connectivity index (χ4n) is 1.38. The summed E-state index contributed by atoms with van der Waals surface area (Å²) in [6, 6.07) is 7.01. The summed E-state index contributed by atoms with van der Waals surface area (Å²) in [6.07, 6.45) is 1.59. The van der Waals surface area contributed by atoms with Crippen molar-refractivity contribution in [1.82, 2.24) is 5.32 Å². The van der Waals surface area contributed by atoms with Crippen LogP contribution >= 0.6 is 0 Å². The van der Waals surface area contributed by atoms with Crippen LogP contribution in [0.5, 0.6) is 5.75 Å². The molecule has 0 aliphatic heterocycles. The van der Waals surface area contributed by atoms with Crippen LogP contribution < -0.4 is 10.1 Å². The highest BCUT2D eigenvalue weighted by molar-refractivity contribution is 5.94. The van der Waals surface area contributed by atoms with Crippen LogP contribution in [-0.4, -0.2) is 30.3 Å². The number of rotatable bonds is 7. The zero-order valence-electron chi connectivity index (χ0n) is 11.0. The van der Waals surface area contributed by atoms with Gasteiger partial charge in [0.05, 0.1) is 12.7 Å². The third-order valence-corrected chi connectivity index (χ3v) is 2.44. The zero-order chi connectivity index (χ0) is 13.4. The van der Waals surface area contributed by atoms with Gasteiger partial charge in [-0.25, -0.2) is 0 Å². The predicted molar refractivity (Wildman–Crippen MR) is 70.9 cm³/mol. The number of benzene rings is 1. The van der Waals surface area contributed by atoms with E-state index < -0.39 is 6.10 Å². The summed E-state index contributed by atoms with van der Waals surface area (Å²) in [7, 11) is 0. The molecule has 0 aliphatic rings. The Morgan fingerprint density at radius 2 is 2.06 bits per heavy atom. The van der Waals surface area contributed by atoms with Gasteiger partial charge < -0.3 is 15.2 Å². The summed E-state index contributed by atoms with van der Waals surface area (Å²) in [5, 5.41) is 11.7. The molecule has 0 heterocycles. The van der Waals surface area contributed by atoms with Crippen molar-refractivity contribution in [1.29, 1.82) is 0 Å². The van der Waals surface area contributed by atoms with Crippen LogP contribution in [0.4, 0.5) is 0 Å². The number of aliphatic hydroxyl groups excluding tert-OH is 1. The fraction of sp³-hybridized carbons (Fsp3) is 0.500. The molecule has 0 saturated carbocycles. The molecule has 0 aromatic heterocycles. The van der Waals surface area contributed by atoms with E-state index in [1.54, 1.807) is 31.2 Å². The minimum atomic E-state index is -0.536. The minimum Gasteiger partial charge on any atom is -0.494 e. The lowest BCUT2D eigenvalue weighted by atomic mass is 10.2. The highest BCUT2D eigenvalue weighted by Gasteiger charge is 2.06. The van der Waals surface area contributed by atoms with Crippen LogP contribution in [0.3, 0.4) is 0 Å². The highest BCUT2D eigenvalue weighted by atomic mass is 16.5. The van der Waals surface area contributed by atoms with Crippen molar-refractivity contribution < 1.29 is 14.6 Å². The Hall–Kier alpha value is -1.55. The fourth-order valence-corrected chi connectivity index (χ4v) is 1.38. The lowest BCUT2D eigenvalue weighted by Gasteiger charge is -2.08.